The molecule has 0 saturated heterocycles. The van der Waals surface area contributed by atoms with Crippen molar-refractivity contribution in [3.63, 3.8) is 0 Å². The normalized spacial score (nSPS) is 10.4. The Balaban J connectivity index is 2.78. The van der Waals surface area contributed by atoms with E-state index in [9.17, 15) is 0 Å². The largest absolute Gasteiger partial charge is 0.376 e. The Kier molecular flexibility index (Phi) is 4.49. The van der Waals surface area contributed by atoms with Crippen LogP contribution in [0.3, 0.4) is 0 Å². The Morgan fingerprint density at radius 3 is 3.00 bits per heavy atom. The Hall–Kier alpha value is -1.00. The van der Waals surface area contributed by atoms with Gasteiger partial charge in [-0.05, 0) is 29.9 Å². The van der Waals surface area contributed by atoms with E-state index in [0.29, 0.717) is 0 Å². The summed E-state index contributed by atoms with van der Waals surface area (Å²) >= 11 is 8.83. The molecule has 0 radical (unpaired) electrons. The number of hydrogen-bond acceptors (Lipinski definition) is 2. The van der Waals surface area contributed by atoms with E-state index in [-0.39, 0.29) is 5.11 Å². The van der Waals surface area contributed by atoms with E-state index >= 15 is 0 Å². The van der Waals surface area contributed by atoms with Gasteiger partial charge in [0.2, 0.25) is 0 Å². The molecule has 1 rings (SSSR count). The molecule has 3 N–H and O–H groups in total. The zero-order valence-corrected chi connectivity index (χ0v) is 9.31. The molecular weight excluding hydrogens is 212 g/mol. The third-order valence-corrected chi connectivity index (χ3v) is 1.88. The van der Waals surface area contributed by atoms with Crippen molar-refractivity contribution in [3.8, 4) is 0 Å². The number of thiocarbonyl (C=S) groups is 1. The van der Waals surface area contributed by atoms with Crippen LogP contribution in [0.15, 0.2) is 30.3 Å². The highest BCUT2D eigenvalue weighted by Crippen LogP contribution is 2.11. The van der Waals surface area contributed by atoms with E-state index < -0.39 is 0 Å². The van der Waals surface area contributed by atoms with Gasteiger partial charge in [-0.1, -0.05) is 24.3 Å². The molecule has 14 heavy (non-hydrogen) atoms. The highest BCUT2D eigenvalue weighted by molar-refractivity contribution is 7.80. The molecule has 0 amide bonds. The van der Waals surface area contributed by atoms with Gasteiger partial charge in [0.1, 0.15) is 0 Å². The molecule has 0 saturated carbocycles. The number of thiol groups is 1. The van der Waals surface area contributed by atoms with Gasteiger partial charge in [0, 0.05) is 11.4 Å². The summed E-state index contributed by atoms with van der Waals surface area (Å²) in [5.74, 6) is 0.729. The van der Waals surface area contributed by atoms with Crippen molar-refractivity contribution in [2.45, 2.75) is 0 Å². The number of benzene rings is 1. The van der Waals surface area contributed by atoms with E-state index in [2.05, 4.69) is 17.9 Å². The molecule has 0 aliphatic heterocycles. The summed E-state index contributed by atoms with van der Waals surface area (Å²) in [4.78, 5) is 0. The van der Waals surface area contributed by atoms with Crippen molar-refractivity contribution in [1.82, 2.24) is 0 Å². The molecule has 74 valence electrons. The molecule has 0 aromatic heterocycles. The summed E-state index contributed by atoms with van der Waals surface area (Å²) in [6.45, 7) is 0. The SMILES string of the molecule is NC(=S)Nc1cccc(C=CCS)c1. The molecule has 0 fully saturated rings. The standard InChI is InChI=1S/C10H12N2S2/c11-10(14)12-9-5-1-3-8(7-9)4-2-6-13/h1-5,7,13H,6H2,(H3,11,12,14). The topological polar surface area (TPSA) is 38.0 Å². The zero-order chi connectivity index (χ0) is 10.4. The third-order valence-electron chi connectivity index (χ3n) is 1.57. The minimum Gasteiger partial charge on any atom is -0.376 e. The van der Waals surface area contributed by atoms with E-state index in [1.165, 1.54) is 0 Å². The van der Waals surface area contributed by atoms with Crippen molar-refractivity contribution in [1.29, 1.82) is 0 Å². The second-order valence-electron chi connectivity index (χ2n) is 2.70. The van der Waals surface area contributed by atoms with Crippen molar-refractivity contribution >= 4 is 41.7 Å². The molecule has 0 aliphatic carbocycles. The molecule has 2 nitrogen and oxygen atoms in total. The van der Waals surface area contributed by atoms with Crippen molar-refractivity contribution in [3.05, 3.63) is 35.9 Å². The van der Waals surface area contributed by atoms with Gasteiger partial charge in [-0.3, -0.25) is 0 Å². The van der Waals surface area contributed by atoms with Gasteiger partial charge < -0.3 is 11.1 Å². The predicted molar refractivity (Wildman–Crippen MR) is 69.7 cm³/mol. The summed E-state index contributed by atoms with van der Waals surface area (Å²) in [6.07, 6.45) is 3.97. The van der Waals surface area contributed by atoms with Gasteiger partial charge >= 0.3 is 0 Å². The second-order valence-corrected chi connectivity index (χ2v) is 3.50. The number of hydrogen-bond donors (Lipinski definition) is 3. The number of nitrogens with one attached hydrogen (secondary N) is 1. The predicted octanol–water partition coefficient (Wildman–Crippen LogP) is 2.29. The molecular formula is C10H12N2S2. The van der Waals surface area contributed by atoms with Crippen LogP contribution in [0.4, 0.5) is 5.69 Å². The van der Waals surface area contributed by atoms with E-state index in [1.807, 2.05) is 36.4 Å². The van der Waals surface area contributed by atoms with Gasteiger partial charge in [-0.25, -0.2) is 0 Å². The first-order valence-corrected chi connectivity index (χ1v) is 5.20. The van der Waals surface area contributed by atoms with Gasteiger partial charge in [-0.15, -0.1) is 0 Å². The van der Waals surface area contributed by atoms with E-state index in [4.69, 9.17) is 18.0 Å². The third kappa shape index (κ3) is 3.81. The molecule has 0 atom stereocenters. The fraction of sp³-hybridized carbons (Fsp3) is 0.100. The van der Waals surface area contributed by atoms with Gasteiger partial charge in [0.05, 0.1) is 0 Å². The highest BCUT2D eigenvalue weighted by atomic mass is 32.1. The highest BCUT2D eigenvalue weighted by Gasteiger charge is 1.93. The van der Waals surface area contributed by atoms with Crippen LogP contribution in [0.5, 0.6) is 0 Å². The number of anilines is 1. The molecule has 0 bridgehead atoms. The Morgan fingerprint density at radius 1 is 1.57 bits per heavy atom. The van der Waals surface area contributed by atoms with Crippen molar-refractivity contribution in [2.75, 3.05) is 11.1 Å². The Bertz CT molecular complexity index is 348. The maximum Gasteiger partial charge on any atom is 0.168 e. The fourth-order valence-corrected chi connectivity index (χ4v) is 1.27. The first-order chi connectivity index (χ1) is 6.72. The van der Waals surface area contributed by atoms with Gasteiger partial charge in [-0.2, -0.15) is 12.6 Å². The lowest BCUT2D eigenvalue weighted by molar-refractivity contribution is 1.58. The van der Waals surface area contributed by atoms with Crippen molar-refractivity contribution in [2.24, 2.45) is 5.73 Å². The van der Waals surface area contributed by atoms with Crippen LogP contribution in [0.25, 0.3) is 6.08 Å². The molecule has 0 heterocycles. The lowest BCUT2D eigenvalue weighted by Crippen LogP contribution is -2.18. The molecule has 0 aliphatic rings. The zero-order valence-electron chi connectivity index (χ0n) is 7.60. The van der Waals surface area contributed by atoms with Crippen molar-refractivity contribution < 1.29 is 0 Å². The monoisotopic (exact) mass is 224 g/mol. The number of rotatable bonds is 3. The fourth-order valence-electron chi connectivity index (χ4n) is 1.05. The minimum atomic E-state index is 0.278. The maximum absolute atomic E-state index is 5.36. The van der Waals surface area contributed by atoms with E-state index in [1.54, 1.807) is 0 Å². The summed E-state index contributed by atoms with van der Waals surface area (Å²) in [6, 6.07) is 7.83. The summed E-state index contributed by atoms with van der Waals surface area (Å²) in [5, 5.41) is 3.16. The van der Waals surface area contributed by atoms with Crippen LogP contribution >= 0.6 is 24.8 Å². The first-order valence-electron chi connectivity index (χ1n) is 4.16. The second kappa shape index (κ2) is 5.67. The van der Waals surface area contributed by atoms with Crippen LogP contribution in [0.2, 0.25) is 0 Å². The van der Waals surface area contributed by atoms with E-state index in [0.717, 1.165) is 17.0 Å². The lowest BCUT2D eigenvalue weighted by atomic mass is 10.2. The minimum absolute atomic E-state index is 0.278. The van der Waals surface area contributed by atoms with Crippen LogP contribution in [0, 0.1) is 0 Å². The Morgan fingerprint density at radius 2 is 2.36 bits per heavy atom. The first kappa shape index (κ1) is 11.1. The van der Waals surface area contributed by atoms with Crippen LogP contribution < -0.4 is 11.1 Å². The number of nitrogens with two attached hydrogens (primary N) is 1. The average Bonchev–Trinajstić information content (AvgIpc) is 2.14. The van der Waals surface area contributed by atoms with Crippen LogP contribution in [-0.2, 0) is 0 Å². The molecule has 4 heteroatoms. The maximum atomic E-state index is 5.36. The molecule has 1 aromatic rings. The summed E-state index contributed by atoms with van der Waals surface area (Å²) in [5.41, 5.74) is 7.36. The molecule has 0 spiro atoms. The lowest BCUT2D eigenvalue weighted by Gasteiger charge is -2.03. The quantitative estimate of drug-likeness (QED) is 0.545. The summed E-state index contributed by atoms with van der Waals surface area (Å²) < 4.78 is 0. The Labute approximate surface area is 94.6 Å². The molecule has 0 unspecified atom stereocenters. The van der Waals surface area contributed by atoms with Crippen LogP contribution in [-0.4, -0.2) is 10.9 Å². The average molecular weight is 224 g/mol. The molecule has 1 aromatic carbocycles. The van der Waals surface area contributed by atoms with Crippen LogP contribution in [0.1, 0.15) is 5.56 Å². The van der Waals surface area contributed by atoms with Gasteiger partial charge in [0.15, 0.2) is 5.11 Å². The summed E-state index contributed by atoms with van der Waals surface area (Å²) in [7, 11) is 0. The van der Waals surface area contributed by atoms with Gasteiger partial charge in [0.25, 0.3) is 0 Å². The smallest absolute Gasteiger partial charge is 0.168 e.